The molecule has 0 aromatic carbocycles. The molecule has 8 nitrogen and oxygen atoms in total. The Hall–Kier alpha value is -2.71. The van der Waals surface area contributed by atoms with Gasteiger partial charge in [0.2, 0.25) is 5.95 Å². The number of hydrogen-bond acceptors (Lipinski definition) is 6. The SMILES string of the molecule is CC1CN(c2nc(Nc3cnn(C)c3)c3ncn(C(C)(C)C)c3n2)CC1F. The van der Waals surface area contributed by atoms with Crippen molar-refractivity contribution in [3.05, 3.63) is 18.7 Å². The van der Waals surface area contributed by atoms with Gasteiger partial charge in [-0.1, -0.05) is 6.92 Å². The molecule has 2 atom stereocenters. The molecule has 3 aromatic heterocycles. The molecule has 1 fully saturated rings. The number of aryl methyl sites for hydroxylation is 1. The van der Waals surface area contributed by atoms with Crippen molar-refractivity contribution in [2.75, 3.05) is 23.3 Å². The second kappa shape index (κ2) is 6.17. The van der Waals surface area contributed by atoms with Crippen LogP contribution in [0, 0.1) is 5.92 Å². The summed E-state index contributed by atoms with van der Waals surface area (Å²) >= 11 is 0. The molecule has 27 heavy (non-hydrogen) atoms. The van der Waals surface area contributed by atoms with Gasteiger partial charge in [0, 0.05) is 31.2 Å². The van der Waals surface area contributed by atoms with Crippen LogP contribution >= 0.6 is 0 Å². The Balaban J connectivity index is 1.83. The standard InChI is InChI=1S/C18H25FN8/c1-11-7-26(9-13(11)19)17-23-15(22-12-6-21-25(5)8-12)14-16(24-17)27(10-20-14)18(2,3)4/h6,8,10-11,13H,7,9H2,1-5H3,(H,22,23,24). The molecule has 4 heterocycles. The first kappa shape index (κ1) is 17.7. The summed E-state index contributed by atoms with van der Waals surface area (Å²) in [4.78, 5) is 15.9. The highest BCUT2D eigenvalue weighted by atomic mass is 19.1. The normalized spacial score (nSPS) is 20.6. The Morgan fingerprint density at radius 2 is 2.00 bits per heavy atom. The van der Waals surface area contributed by atoms with E-state index in [2.05, 4.69) is 41.2 Å². The van der Waals surface area contributed by atoms with Crippen LogP contribution in [0.15, 0.2) is 18.7 Å². The number of hydrogen-bond donors (Lipinski definition) is 1. The van der Waals surface area contributed by atoms with Gasteiger partial charge >= 0.3 is 0 Å². The number of nitrogens with zero attached hydrogens (tertiary/aromatic N) is 7. The van der Waals surface area contributed by atoms with Gasteiger partial charge in [-0.15, -0.1) is 0 Å². The molecule has 0 radical (unpaired) electrons. The first-order valence-electron chi connectivity index (χ1n) is 9.12. The number of alkyl halides is 1. The number of rotatable bonds is 3. The number of nitrogens with one attached hydrogen (secondary N) is 1. The van der Waals surface area contributed by atoms with Crippen molar-refractivity contribution in [2.45, 2.75) is 39.4 Å². The zero-order valence-corrected chi connectivity index (χ0v) is 16.3. The Bertz CT molecular complexity index is 960. The van der Waals surface area contributed by atoms with E-state index in [4.69, 9.17) is 4.98 Å². The number of imidazole rings is 1. The van der Waals surface area contributed by atoms with Gasteiger partial charge in [0.15, 0.2) is 17.0 Å². The van der Waals surface area contributed by atoms with Gasteiger partial charge in [0.25, 0.3) is 0 Å². The summed E-state index contributed by atoms with van der Waals surface area (Å²) in [5, 5.41) is 7.47. The second-order valence-corrected chi connectivity index (χ2v) is 8.26. The third-order valence-corrected chi connectivity index (χ3v) is 4.88. The highest BCUT2D eigenvalue weighted by Crippen LogP contribution is 2.30. The monoisotopic (exact) mass is 372 g/mol. The van der Waals surface area contributed by atoms with Crippen molar-refractivity contribution in [3.8, 4) is 0 Å². The second-order valence-electron chi connectivity index (χ2n) is 8.26. The van der Waals surface area contributed by atoms with Crippen LogP contribution in [-0.4, -0.2) is 48.6 Å². The van der Waals surface area contributed by atoms with Crippen LogP contribution in [0.2, 0.25) is 0 Å². The third kappa shape index (κ3) is 3.22. The molecule has 1 N–H and O–H groups in total. The van der Waals surface area contributed by atoms with Gasteiger partial charge in [-0.2, -0.15) is 15.1 Å². The van der Waals surface area contributed by atoms with Crippen LogP contribution in [0.3, 0.4) is 0 Å². The molecule has 144 valence electrons. The first-order valence-corrected chi connectivity index (χ1v) is 9.12. The zero-order chi connectivity index (χ0) is 19.3. The molecule has 0 bridgehead atoms. The maximum atomic E-state index is 14.1. The molecule has 3 aromatic rings. The number of fused-ring (bicyclic) bond motifs is 1. The van der Waals surface area contributed by atoms with Gasteiger partial charge in [-0.3, -0.25) is 4.68 Å². The molecule has 4 rings (SSSR count). The Morgan fingerprint density at radius 1 is 1.22 bits per heavy atom. The van der Waals surface area contributed by atoms with E-state index in [-0.39, 0.29) is 11.5 Å². The van der Waals surface area contributed by atoms with E-state index in [1.807, 2.05) is 29.6 Å². The average Bonchev–Trinajstić information content (AvgIpc) is 3.27. The van der Waals surface area contributed by atoms with E-state index in [0.29, 0.717) is 30.4 Å². The predicted octanol–water partition coefficient (Wildman–Crippen LogP) is 2.85. The summed E-state index contributed by atoms with van der Waals surface area (Å²) < 4.78 is 17.8. The predicted molar refractivity (Wildman–Crippen MR) is 103 cm³/mol. The summed E-state index contributed by atoms with van der Waals surface area (Å²) in [5.74, 6) is 1.08. The zero-order valence-electron chi connectivity index (χ0n) is 16.3. The van der Waals surface area contributed by atoms with E-state index < -0.39 is 6.17 Å². The van der Waals surface area contributed by atoms with Gasteiger partial charge in [-0.05, 0) is 20.8 Å². The fourth-order valence-corrected chi connectivity index (χ4v) is 3.32. The third-order valence-electron chi connectivity index (χ3n) is 4.88. The highest BCUT2D eigenvalue weighted by molar-refractivity contribution is 5.86. The molecular weight excluding hydrogens is 347 g/mol. The van der Waals surface area contributed by atoms with Crippen molar-refractivity contribution in [3.63, 3.8) is 0 Å². The van der Waals surface area contributed by atoms with E-state index in [1.165, 1.54) is 0 Å². The summed E-state index contributed by atoms with van der Waals surface area (Å²) in [7, 11) is 1.85. The Labute approximate surface area is 157 Å². The van der Waals surface area contributed by atoms with Gasteiger partial charge in [-0.25, -0.2) is 9.37 Å². The van der Waals surface area contributed by atoms with Gasteiger partial charge in [0.1, 0.15) is 6.17 Å². The molecule has 0 saturated carbocycles. The molecule has 9 heteroatoms. The molecule has 1 aliphatic heterocycles. The summed E-state index contributed by atoms with van der Waals surface area (Å²) in [6, 6.07) is 0. The Kier molecular flexibility index (Phi) is 4.05. The van der Waals surface area contributed by atoms with E-state index in [1.54, 1.807) is 17.2 Å². The summed E-state index contributed by atoms with van der Waals surface area (Å²) in [5.41, 5.74) is 2.04. The minimum atomic E-state index is -0.869. The summed E-state index contributed by atoms with van der Waals surface area (Å²) in [6.45, 7) is 9.11. The van der Waals surface area contributed by atoms with Crippen LogP contribution in [0.5, 0.6) is 0 Å². The molecule has 1 aliphatic rings. The van der Waals surface area contributed by atoms with E-state index >= 15 is 0 Å². The van der Waals surface area contributed by atoms with Crippen molar-refractivity contribution in [1.82, 2.24) is 29.3 Å². The fourth-order valence-electron chi connectivity index (χ4n) is 3.32. The van der Waals surface area contributed by atoms with Crippen LogP contribution in [-0.2, 0) is 12.6 Å². The van der Waals surface area contributed by atoms with Crippen LogP contribution in [0.1, 0.15) is 27.7 Å². The Morgan fingerprint density at radius 3 is 2.59 bits per heavy atom. The minimum absolute atomic E-state index is 0.0356. The summed E-state index contributed by atoms with van der Waals surface area (Å²) in [6.07, 6.45) is 4.50. The maximum Gasteiger partial charge on any atom is 0.229 e. The lowest BCUT2D eigenvalue weighted by atomic mass is 10.1. The van der Waals surface area contributed by atoms with Crippen LogP contribution in [0.4, 0.5) is 21.8 Å². The quantitative estimate of drug-likeness (QED) is 0.762. The lowest BCUT2D eigenvalue weighted by Crippen LogP contribution is -2.25. The highest BCUT2D eigenvalue weighted by Gasteiger charge is 2.32. The molecule has 0 spiro atoms. The first-order chi connectivity index (χ1) is 12.7. The minimum Gasteiger partial charge on any atom is -0.337 e. The smallest absolute Gasteiger partial charge is 0.229 e. The van der Waals surface area contributed by atoms with Crippen LogP contribution in [0.25, 0.3) is 11.2 Å². The van der Waals surface area contributed by atoms with Crippen LogP contribution < -0.4 is 10.2 Å². The van der Waals surface area contributed by atoms with Gasteiger partial charge < -0.3 is 14.8 Å². The number of anilines is 3. The van der Waals surface area contributed by atoms with Crippen molar-refractivity contribution in [2.24, 2.45) is 13.0 Å². The average molecular weight is 372 g/mol. The fraction of sp³-hybridized carbons (Fsp3) is 0.556. The molecule has 0 amide bonds. The van der Waals surface area contributed by atoms with Crippen molar-refractivity contribution >= 4 is 28.6 Å². The number of aromatic nitrogens is 6. The molecule has 2 unspecified atom stereocenters. The molecular formula is C18H25FN8. The largest absolute Gasteiger partial charge is 0.337 e. The lowest BCUT2D eigenvalue weighted by Gasteiger charge is -2.22. The van der Waals surface area contributed by atoms with Crippen molar-refractivity contribution < 1.29 is 4.39 Å². The van der Waals surface area contributed by atoms with Crippen molar-refractivity contribution in [1.29, 1.82) is 0 Å². The molecule has 1 saturated heterocycles. The maximum absolute atomic E-state index is 14.1. The topological polar surface area (TPSA) is 76.7 Å². The number of halogens is 1. The lowest BCUT2D eigenvalue weighted by molar-refractivity contribution is 0.299. The van der Waals surface area contributed by atoms with E-state index in [9.17, 15) is 4.39 Å². The van der Waals surface area contributed by atoms with E-state index in [0.717, 1.165) is 11.3 Å². The van der Waals surface area contributed by atoms with Gasteiger partial charge in [0.05, 0.1) is 24.8 Å². The molecule has 0 aliphatic carbocycles.